The van der Waals surface area contributed by atoms with Gasteiger partial charge in [-0.2, -0.15) is 13.2 Å². The molecule has 1 nitrogen and oxygen atoms in total. The van der Waals surface area contributed by atoms with Crippen molar-refractivity contribution >= 4 is 38.5 Å². The smallest absolute Gasteiger partial charge is 0.276 e. The molecule has 0 heterocycles. The first-order chi connectivity index (χ1) is 6.88. The number of alkyl halides is 3. The molecule has 0 saturated heterocycles. The number of rotatable bonds is 2. The van der Waals surface area contributed by atoms with Crippen LogP contribution in [0.4, 0.5) is 13.2 Å². The van der Waals surface area contributed by atoms with E-state index in [1.54, 1.807) is 0 Å². The first-order valence-electron chi connectivity index (χ1n) is 3.56. The number of hydrogen-bond acceptors (Lipinski definition) is 2. The highest BCUT2D eigenvalue weighted by Gasteiger charge is 2.35. The molecule has 0 radical (unpaired) electrons. The summed E-state index contributed by atoms with van der Waals surface area (Å²) in [5.41, 5.74) is -1.21. The molecule has 0 amide bonds. The van der Waals surface area contributed by atoms with Gasteiger partial charge in [-0.3, -0.25) is 4.79 Å². The van der Waals surface area contributed by atoms with Gasteiger partial charge in [0.25, 0.3) is 5.24 Å². The van der Waals surface area contributed by atoms with Crippen LogP contribution in [0.1, 0.15) is 15.9 Å². The van der Waals surface area contributed by atoms with Crippen molar-refractivity contribution in [1.82, 2.24) is 0 Å². The second-order valence-corrected chi connectivity index (χ2v) is 3.90. The minimum atomic E-state index is -4.56. The third kappa shape index (κ3) is 2.80. The molecule has 0 spiro atoms. The van der Waals surface area contributed by atoms with Crippen molar-refractivity contribution in [3.63, 3.8) is 0 Å². The lowest BCUT2D eigenvalue weighted by molar-refractivity contribution is -0.139. The molecular formula is C8H3Cl2F3OS. The van der Waals surface area contributed by atoms with Gasteiger partial charge in [-0.25, -0.2) is 0 Å². The highest BCUT2D eigenvalue weighted by Crippen LogP contribution is 2.40. The zero-order valence-corrected chi connectivity index (χ0v) is 9.27. The molecule has 0 aliphatic heterocycles. The SMILES string of the molecule is O=C(Cl)c1cccc(C(F)(F)F)c1SCl. The summed E-state index contributed by atoms with van der Waals surface area (Å²) in [7, 11) is 5.62. The van der Waals surface area contributed by atoms with Crippen LogP contribution in [0.3, 0.4) is 0 Å². The average Bonchev–Trinajstić information content (AvgIpc) is 2.15. The summed E-state index contributed by atoms with van der Waals surface area (Å²) >= 11 is 5.13. The van der Waals surface area contributed by atoms with Crippen LogP contribution in [-0.2, 0) is 6.18 Å². The normalized spacial score (nSPS) is 11.5. The van der Waals surface area contributed by atoms with Crippen molar-refractivity contribution in [2.24, 2.45) is 0 Å². The average molecular weight is 275 g/mol. The number of carbonyl (C=O) groups excluding carboxylic acids is 1. The lowest BCUT2D eigenvalue weighted by Crippen LogP contribution is -2.08. The first kappa shape index (κ1) is 12.7. The van der Waals surface area contributed by atoms with Crippen molar-refractivity contribution in [2.75, 3.05) is 0 Å². The van der Waals surface area contributed by atoms with Crippen LogP contribution in [0.5, 0.6) is 0 Å². The quantitative estimate of drug-likeness (QED) is 0.747. The summed E-state index contributed by atoms with van der Waals surface area (Å²) in [5, 5.41) is -0.968. The van der Waals surface area contributed by atoms with Gasteiger partial charge in [-0.15, -0.1) is 0 Å². The van der Waals surface area contributed by atoms with Crippen molar-refractivity contribution < 1.29 is 18.0 Å². The van der Waals surface area contributed by atoms with E-state index in [0.717, 1.165) is 12.1 Å². The molecule has 0 unspecified atom stereocenters. The van der Waals surface area contributed by atoms with Gasteiger partial charge in [0.1, 0.15) is 0 Å². The van der Waals surface area contributed by atoms with Crippen LogP contribution < -0.4 is 0 Å². The maximum atomic E-state index is 12.5. The summed E-state index contributed by atoms with van der Waals surface area (Å²) in [6.45, 7) is 0. The highest BCUT2D eigenvalue weighted by atomic mass is 35.7. The van der Waals surface area contributed by atoms with E-state index < -0.39 is 17.0 Å². The lowest BCUT2D eigenvalue weighted by atomic mass is 10.1. The van der Waals surface area contributed by atoms with E-state index in [2.05, 4.69) is 0 Å². The number of carbonyl (C=O) groups is 1. The van der Waals surface area contributed by atoms with Gasteiger partial charge in [0, 0.05) is 10.5 Å². The minimum Gasteiger partial charge on any atom is -0.276 e. The van der Waals surface area contributed by atoms with Crippen molar-refractivity contribution in [3.05, 3.63) is 29.3 Å². The highest BCUT2D eigenvalue weighted by molar-refractivity contribution is 8.21. The van der Waals surface area contributed by atoms with Gasteiger partial charge in [0.2, 0.25) is 0 Å². The van der Waals surface area contributed by atoms with E-state index in [-0.39, 0.29) is 10.5 Å². The lowest BCUT2D eigenvalue weighted by Gasteiger charge is -2.11. The van der Waals surface area contributed by atoms with Crippen LogP contribution in [0.15, 0.2) is 23.1 Å². The fourth-order valence-electron chi connectivity index (χ4n) is 0.998. The van der Waals surface area contributed by atoms with Gasteiger partial charge >= 0.3 is 6.18 Å². The van der Waals surface area contributed by atoms with Crippen LogP contribution >= 0.6 is 33.3 Å². The maximum absolute atomic E-state index is 12.5. The summed E-state index contributed by atoms with van der Waals surface area (Å²) in [6.07, 6.45) is -4.56. The molecule has 1 aromatic carbocycles. The second kappa shape index (κ2) is 4.63. The van der Waals surface area contributed by atoms with Gasteiger partial charge in [0.15, 0.2) is 0 Å². The number of benzene rings is 1. The Labute approximate surface area is 97.1 Å². The molecule has 0 saturated carbocycles. The van der Waals surface area contributed by atoms with E-state index in [9.17, 15) is 18.0 Å². The van der Waals surface area contributed by atoms with Crippen molar-refractivity contribution in [3.8, 4) is 0 Å². The van der Waals surface area contributed by atoms with Crippen LogP contribution in [0, 0.1) is 0 Å². The Morgan fingerprint density at radius 3 is 2.33 bits per heavy atom. The van der Waals surface area contributed by atoms with Gasteiger partial charge in [-0.1, -0.05) is 6.07 Å². The minimum absolute atomic E-state index is 0.244. The summed E-state index contributed by atoms with van der Waals surface area (Å²) in [6, 6.07) is 3.14. The zero-order valence-electron chi connectivity index (χ0n) is 6.94. The second-order valence-electron chi connectivity index (χ2n) is 2.53. The Morgan fingerprint density at radius 1 is 1.33 bits per heavy atom. The molecule has 0 aliphatic carbocycles. The third-order valence-electron chi connectivity index (χ3n) is 1.61. The molecule has 0 bridgehead atoms. The van der Waals surface area contributed by atoms with Gasteiger partial charge < -0.3 is 0 Å². The Balaban J connectivity index is 3.42. The Bertz CT molecular complexity index is 392. The molecule has 15 heavy (non-hydrogen) atoms. The number of halogens is 5. The molecule has 82 valence electrons. The molecule has 0 atom stereocenters. The molecule has 0 fully saturated rings. The zero-order chi connectivity index (χ0) is 11.6. The van der Waals surface area contributed by atoms with Gasteiger partial charge in [0.05, 0.1) is 5.56 Å². The Morgan fingerprint density at radius 2 is 1.93 bits per heavy atom. The fraction of sp³-hybridized carbons (Fsp3) is 0.125. The predicted octanol–water partition coefficient (Wildman–Crippen LogP) is 4.33. The summed E-state index contributed by atoms with van der Waals surface area (Å²) < 4.78 is 37.4. The Kier molecular flexibility index (Phi) is 3.92. The first-order valence-corrected chi connectivity index (χ1v) is 5.58. The molecule has 1 aromatic rings. The molecule has 7 heteroatoms. The third-order valence-corrected chi connectivity index (χ3v) is 2.87. The van der Waals surface area contributed by atoms with E-state index in [1.807, 2.05) is 0 Å². The van der Waals surface area contributed by atoms with Crippen molar-refractivity contribution in [1.29, 1.82) is 0 Å². The predicted molar refractivity (Wildman–Crippen MR) is 53.3 cm³/mol. The molecule has 0 aliphatic rings. The van der Waals surface area contributed by atoms with Crippen molar-refractivity contribution in [2.45, 2.75) is 11.1 Å². The van der Waals surface area contributed by atoms with Crippen LogP contribution in [0.25, 0.3) is 0 Å². The Hall–Kier alpha value is -0.390. The largest absolute Gasteiger partial charge is 0.417 e. The van der Waals surface area contributed by atoms with E-state index in [0.29, 0.717) is 11.0 Å². The van der Waals surface area contributed by atoms with E-state index in [4.69, 9.17) is 22.3 Å². The maximum Gasteiger partial charge on any atom is 0.417 e. The van der Waals surface area contributed by atoms with E-state index >= 15 is 0 Å². The topological polar surface area (TPSA) is 17.1 Å². The van der Waals surface area contributed by atoms with E-state index in [1.165, 1.54) is 6.07 Å². The van der Waals surface area contributed by atoms with Crippen LogP contribution in [0.2, 0.25) is 0 Å². The molecule has 1 rings (SSSR count). The summed E-state index contributed by atoms with van der Waals surface area (Å²) in [5.74, 6) is 0. The fourth-order valence-corrected chi connectivity index (χ4v) is 2.22. The molecule has 0 N–H and O–H groups in total. The monoisotopic (exact) mass is 274 g/mol. The summed E-state index contributed by atoms with van der Waals surface area (Å²) in [4.78, 5) is 10.5. The standard InChI is InChI=1S/C8H3Cl2F3OS/c9-7(14)4-2-1-3-5(6(4)15-10)8(11,12)13/h1-3H. The van der Waals surface area contributed by atoms with Gasteiger partial charge in [-0.05, 0) is 45.4 Å². The van der Waals surface area contributed by atoms with Crippen LogP contribution in [-0.4, -0.2) is 5.24 Å². The molecule has 0 aromatic heterocycles. The number of hydrogen-bond donors (Lipinski definition) is 0. The molecular weight excluding hydrogens is 272 g/mol.